The van der Waals surface area contributed by atoms with Gasteiger partial charge in [0.25, 0.3) is 5.91 Å². The highest BCUT2D eigenvalue weighted by Gasteiger charge is 2.31. The van der Waals surface area contributed by atoms with Gasteiger partial charge in [-0.15, -0.1) is 0 Å². The highest BCUT2D eigenvalue weighted by molar-refractivity contribution is 5.98. The third-order valence-corrected chi connectivity index (χ3v) is 5.81. The molecule has 1 aliphatic heterocycles. The fraction of sp³-hybridized carbons (Fsp3) is 0.261. The predicted molar refractivity (Wildman–Crippen MR) is 114 cm³/mol. The zero-order chi connectivity index (χ0) is 20.7. The van der Waals surface area contributed by atoms with Gasteiger partial charge in [-0.3, -0.25) is 9.89 Å². The Balaban J connectivity index is 1.45. The number of nitrogens with one attached hydrogen (secondary N) is 2. The first kappa shape index (κ1) is 18.4. The van der Waals surface area contributed by atoms with Crippen molar-refractivity contribution >= 4 is 16.9 Å². The van der Waals surface area contributed by atoms with E-state index in [0.717, 1.165) is 53.0 Å². The Labute approximate surface area is 174 Å². The second-order valence-electron chi connectivity index (χ2n) is 7.66. The molecule has 1 aromatic carbocycles. The summed E-state index contributed by atoms with van der Waals surface area (Å²) >= 11 is 0. The van der Waals surface area contributed by atoms with Gasteiger partial charge in [0.05, 0.1) is 25.0 Å². The molecule has 7 heteroatoms. The van der Waals surface area contributed by atoms with Crippen LogP contribution in [-0.2, 0) is 0 Å². The Bertz CT molecular complexity index is 1230. The minimum absolute atomic E-state index is 0.000591. The summed E-state index contributed by atoms with van der Waals surface area (Å²) in [5.74, 6) is 0.808. The number of fused-ring (bicyclic) bond motifs is 1. The molecule has 0 radical (unpaired) electrons. The third-order valence-electron chi connectivity index (χ3n) is 5.81. The normalized spacial score (nSPS) is 16.3. The van der Waals surface area contributed by atoms with E-state index in [4.69, 9.17) is 9.72 Å². The van der Waals surface area contributed by atoms with Gasteiger partial charge in [0.1, 0.15) is 17.1 Å². The SMILES string of the molecule is COc1cccc(C2CCCN2C(=O)c2cc3ccc(-c4cn[nH]c4C)nc3[nH]2)c1. The number of aromatic amines is 2. The average molecular weight is 401 g/mol. The van der Waals surface area contributed by atoms with Gasteiger partial charge >= 0.3 is 0 Å². The molecule has 30 heavy (non-hydrogen) atoms. The van der Waals surface area contributed by atoms with Crippen LogP contribution in [-0.4, -0.2) is 44.6 Å². The smallest absolute Gasteiger partial charge is 0.270 e. The highest BCUT2D eigenvalue weighted by atomic mass is 16.5. The van der Waals surface area contributed by atoms with E-state index in [2.05, 4.69) is 21.2 Å². The number of carbonyl (C=O) groups excluding carboxylic acids is 1. The number of hydrogen-bond donors (Lipinski definition) is 2. The van der Waals surface area contributed by atoms with Gasteiger partial charge < -0.3 is 14.6 Å². The van der Waals surface area contributed by atoms with Crippen LogP contribution in [0.15, 0.2) is 48.7 Å². The summed E-state index contributed by atoms with van der Waals surface area (Å²) in [6, 6.07) is 13.9. The van der Waals surface area contributed by atoms with Gasteiger partial charge in [0.2, 0.25) is 0 Å². The summed E-state index contributed by atoms with van der Waals surface area (Å²) in [6.45, 7) is 2.70. The summed E-state index contributed by atoms with van der Waals surface area (Å²) < 4.78 is 5.36. The Hall–Kier alpha value is -3.61. The maximum Gasteiger partial charge on any atom is 0.270 e. The Morgan fingerprint density at radius 2 is 2.13 bits per heavy atom. The molecule has 152 valence electrons. The molecule has 5 rings (SSSR count). The largest absolute Gasteiger partial charge is 0.497 e. The van der Waals surface area contributed by atoms with Gasteiger partial charge in [-0.25, -0.2) is 4.98 Å². The molecule has 4 aromatic rings. The number of methoxy groups -OCH3 is 1. The van der Waals surface area contributed by atoms with Crippen molar-refractivity contribution in [1.82, 2.24) is 25.1 Å². The van der Waals surface area contributed by atoms with Crippen LogP contribution in [0.1, 0.15) is 40.6 Å². The van der Waals surface area contributed by atoms with Gasteiger partial charge in [-0.05, 0) is 55.7 Å². The fourth-order valence-electron chi connectivity index (χ4n) is 4.24. The summed E-state index contributed by atoms with van der Waals surface area (Å²) in [5, 5.41) is 7.92. The number of amides is 1. The summed E-state index contributed by atoms with van der Waals surface area (Å²) in [6.07, 6.45) is 3.69. The van der Waals surface area contributed by atoms with E-state index in [1.807, 2.05) is 48.2 Å². The van der Waals surface area contributed by atoms with E-state index < -0.39 is 0 Å². The number of likely N-dealkylation sites (tertiary alicyclic amines) is 1. The first-order valence-corrected chi connectivity index (χ1v) is 10.1. The molecule has 0 saturated carbocycles. The molecular weight excluding hydrogens is 378 g/mol. The van der Waals surface area contributed by atoms with Gasteiger partial charge in [0, 0.05) is 23.2 Å². The van der Waals surface area contributed by atoms with Crippen molar-refractivity contribution in [1.29, 1.82) is 0 Å². The van der Waals surface area contributed by atoms with Crippen LogP contribution in [0.4, 0.5) is 0 Å². The van der Waals surface area contributed by atoms with E-state index in [-0.39, 0.29) is 11.9 Å². The van der Waals surface area contributed by atoms with E-state index in [1.54, 1.807) is 13.3 Å². The van der Waals surface area contributed by atoms with Crippen molar-refractivity contribution in [3.05, 3.63) is 65.6 Å². The molecule has 1 amide bonds. The quantitative estimate of drug-likeness (QED) is 0.535. The number of carbonyl (C=O) groups is 1. The maximum absolute atomic E-state index is 13.3. The fourth-order valence-corrected chi connectivity index (χ4v) is 4.24. The topological polar surface area (TPSA) is 86.9 Å². The lowest BCUT2D eigenvalue weighted by Crippen LogP contribution is -2.30. The van der Waals surface area contributed by atoms with Crippen molar-refractivity contribution in [3.63, 3.8) is 0 Å². The Morgan fingerprint density at radius 1 is 1.23 bits per heavy atom. The number of pyridine rings is 1. The van der Waals surface area contributed by atoms with Gasteiger partial charge in [-0.2, -0.15) is 5.10 Å². The number of H-pyrrole nitrogens is 2. The van der Waals surface area contributed by atoms with Crippen molar-refractivity contribution in [2.45, 2.75) is 25.8 Å². The van der Waals surface area contributed by atoms with Gasteiger partial charge in [-0.1, -0.05) is 12.1 Å². The zero-order valence-electron chi connectivity index (χ0n) is 17.0. The molecule has 1 saturated heterocycles. The summed E-state index contributed by atoms with van der Waals surface area (Å²) in [5.41, 5.74) is 5.11. The van der Waals surface area contributed by atoms with Crippen LogP contribution in [0.5, 0.6) is 5.75 Å². The van der Waals surface area contributed by atoms with E-state index in [1.165, 1.54) is 0 Å². The zero-order valence-corrected chi connectivity index (χ0v) is 17.0. The van der Waals surface area contributed by atoms with E-state index in [9.17, 15) is 4.79 Å². The maximum atomic E-state index is 13.3. The lowest BCUT2D eigenvalue weighted by atomic mass is 10.0. The minimum atomic E-state index is -0.000591. The van der Waals surface area contributed by atoms with Crippen LogP contribution >= 0.6 is 0 Å². The number of aromatic nitrogens is 4. The standard InChI is InChI=1S/C23H23N5O2/c1-14-18(13-24-27-14)19-9-8-16-12-20(26-22(16)25-19)23(29)28-10-4-7-21(28)15-5-3-6-17(11-15)30-2/h3,5-6,8-9,11-13,21H,4,7,10H2,1-2H3,(H,24,27)(H,25,26). The first-order chi connectivity index (χ1) is 14.6. The molecule has 1 fully saturated rings. The van der Waals surface area contributed by atoms with E-state index in [0.29, 0.717) is 11.3 Å². The molecular formula is C23H23N5O2. The van der Waals surface area contributed by atoms with Crippen molar-refractivity contribution in [2.24, 2.45) is 0 Å². The third kappa shape index (κ3) is 3.12. The monoisotopic (exact) mass is 401 g/mol. The molecule has 2 N–H and O–H groups in total. The number of aryl methyl sites for hydroxylation is 1. The molecule has 7 nitrogen and oxygen atoms in total. The average Bonchev–Trinajstić information content (AvgIpc) is 3.51. The molecule has 1 unspecified atom stereocenters. The number of nitrogens with zero attached hydrogens (tertiary/aromatic N) is 3. The molecule has 0 spiro atoms. The summed E-state index contributed by atoms with van der Waals surface area (Å²) in [7, 11) is 1.66. The second kappa shape index (κ2) is 7.33. The molecule has 3 aromatic heterocycles. The Kier molecular flexibility index (Phi) is 4.50. The molecule has 4 heterocycles. The number of rotatable bonds is 4. The number of ether oxygens (including phenoxy) is 1. The minimum Gasteiger partial charge on any atom is -0.497 e. The predicted octanol–water partition coefficient (Wildman–Crippen LogP) is 4.25. The number of hydrogen-bond acceptors (Lipinski definition) is 4. The molecule has 1 aliphatic rings. The lowest BCUT2D eigenvalue weighted by molar-refractivity contribution is 0.0730. The molecule has 0 bridgehead atoms. The Morgan fingerprint density at radius 3 is 2.93 bits per heavy atom. The molecule has 1 atom stereocenters. The lowest BCUT2D eigenvalue weighted by Gasteiger charge is -2.25. The highest BCUT2D eigenvalue weighted by Crippen LogP contribution is 2.35. The second-order valence-corrected chi connectivity index (χ2v) is 7.66. The first-order valence-electron chi connectivity index (χ1n) is 10.1. The van der Waals surface area contributed by atoms with Crippen molar-refractivity contribution < 1.29 is 9.53 Å². The van der Waals surface area contributed by atoms with Crippen molar-refractivity contribution in [2.75, 3.05) is 13.7 Å². The van der Waals surface area contributed by atoms with Gasteiger partial charge in [0.15, 0.2) is 0 Å². The van der Waals surface area contributed by atoms with Crippen LogP contribution in [0.25, 0.3) is 22.3 Å². The van der Waals surface area contributed by atoms with Crippen LogP contribution in [0.3, 0.4) is 0 Å². The number of benzene rings is 1. The molecule has 0 aliphatic carbocycles. The summed E-state index contributed by atoms with van der Waals surface area (Å²) in [4.78, 5) is 23.2. The van der Waals surface area contributed by atoms with Crippen LogP contribution in [0.2, 0.25) is 0 Å². The van der Waals surface area contributed by atoms with Crippen molar-refractivity contribution in [3.8, 4) is 17.0 Å². The van der Waals surface area contributed by atoms with Crippen LogP contribution in [0, 0.1) is 6.92 Å². The van der Waals surface area contributed by atoms with Crippen LogP contribution < -0.4 is 4.74 Å². The van der Waals surface area contributed by atoms with E-state index >= 15 is 0 Å².